The van der Waals surface area contributed by atoms with E-state index in [1.54, 1.807) is 39.0 Å². The van der Waals surface area contributed by atoms with E-state index in [1.807, 2.05) is 0 Å². The first-order chi connectivity index (χ1) is 36.7. The van der Waals surface area contributed by atoms with Crippen LogP contribution >= 0.6 is 0 Å². The van der Waals surface area contributed by atoms with Crippen molar-refractivity contribution in [2.75, 3.05) is 0 Å². The molecule has 0 radical (unpaired) electrons. The van der Waals surface area contributed by atoms with Crippen LogP contribution in [0.1, 0.15) is 143 Å². The third-order valence-corrected chi connectivity index (χ3v) is 16.6. The Labute approximate surface area is 447 Å². The normalized spacial score (nSPS) is 11.6. The van der Waals surface area contributed by atoms with Gasteiger partial charge in [0.25, 0.3) is 5.91 Å². The van der Waals surface area contributed by atoms with E-state index >= 15 is 0 Å². The highest BCUT2D eigenvalue weighted by molar-refractivity contribution is 7.91. The van der Waals surface area contributed by atoms with E-state index in [0.29, 0.717) is 16.7 Å². The van der Waals surface area contributed by atoms with E-state index in [0.717, 1.165) is 17.7 Å². The van der Waals surface area contributed by atoms with Gasteiger partial charge in [0.1, 0.15) is 0 Å². The lowest BCUT2D eigenvalue weighted by Crippen LogP contribution is -2.27. The maximum Gasteiger partial charge on any atom is 0.336 e. The molecule has 0 bridgehead atoms. The van der Waals surface area contributed by atoms with Gasteiger partial charge in [-0.05, 0) is 125 Å². The predicted molar refractivity (Wildman–Crippen MR) is 283 cm³/mol. The van der Waals surface area contributed by atoms with Crippen LogP contribution in [0.4, 0.5) is 0 Å². The summed E-state index contributed by atoms with van der Waals surface area (Å²) in [4.78, 5) is 103. The minimum atomic E-state index is -4.33. The fraction of sp³-hybridized carbons (Fsp3) is 0.153. The molecule has 0 unspecified atom stereocenters. The first kappa shape index (κ1) is 56.5. The molecule has 7 aromatic rings. The summed E-state index contributed by atoms with van der Waals surface area (Å²) < 4.78 is 55.0. The monoisotopic (exact) mass is 1090 g/mol. The largest absolute Gasteiger partial charge is 0.478 e. The number of ketones is 3. The summed E-state index contributed by atoms with van der Waals surface area (Å²) in [7, 11) is -8.29. The van der Waals surface area contributed by atoms with E-state index < -0.39 is 95.3 Å². The number of aromatic carboxylic acids is 4. The molecule has 0 fully saturated rings. The van der Waals surface area contributed by atoms with Gasteiger partial charge in [-0.3, -0.25) is 19.2 Å². The third-order valence-electron chi connectivity index (χ3n) is 13.1. The van der Waals surface area contributed by atoms with Gasteiger partial charge in [0.15, 0.2) is 17.3 Å². The first-order valence-electron chi connectivity index (χ1n) is 23.9. The second kappa shape index (κ2) is 22.6. The first-order valence-corrected chi connectivity index (χ1v) is 26.8. The Morgan fingerprint density at radius 1 is 0.423 bits per heavy atom. The molecular weight excluding hydrogens is 1040 g/mol. The summed E-state index contributed by atoms with van der Waals surface area (Å²) in [6.45, 7) is 6.37. The van der Waals surface area contributed by atoms with Crippen molar-refractivity contribution >= 4 is 66.8 Å². The van der Waals surface area contributed by atoms with Crippen LogP contribution in [0.25, 0.3) is 0 Å². The molecule has 0 aromatic heterocycles. The van der Waals surface area contributed by atoms with E-state index in [1.165, 1.54) is 122 Å². The van der Waals surface area contributed by atoms with Gasteiger partial charge >= 0.3 is 23.9 Å². The van der Waals surface area contributed by atoms with Crippen molar-refractivity contribution < 1.29 is 75.6 Å². The van der Waals surface area contributed by atoms with Crippen molar-refractivity contribution in [3.63, 3.8) is 0 Å². The number of Topliss-reactive ketones (excluding diaryl/α,β-unsaturated/α-hetero) is 3. The van der Waals surface area contributed by atoms with Crippen LogP contribution in [-0.2, 0) is 44.5 Å². The fourth-order valence-electron chi connectivity index (χ4n) is 8.79. The van der Waals surface area contributed by atoms with Gasteiger partial charge in [0.05, 0.1) is 47.4 Å². The number of hydrogen-bond donors (Lipinski definition) is 5. The number of sulfone groups is 2. The number of amides is 1. The average Bonchev–Trinajstić information content (AvgIpc) is 3.41. The highest BCUT2D eigenvalue weighted by atomic mass is 32.2. The molecule has 0 saturated heterocycles. The molecule has 7 aromatic carbocycles. The van der Waals surface area contributed by atoms with Crippen LogP contribution in [-0.4, -0.2) is 84.4 Å². The molecule has 17 nitrogen and oxygen atoms in total. The van der Waals surface area contributed by atoms with Crippen LogP contribution in [0, 0.1) is 6.92 Å². The molecule has 398 valence electrons. The lowest BCUT2D eigenvalue weighted by molar-refractivity contribution is 0.0676. The zero-order chi connectivity index (χ0) is 57.0. The van der Waals surface area contributed by atoms with Crippen molar-refractivity contribution in [1.29, 1.82) is 0 Å². The highest BCUT2D eigenvalue weighted by Gasteiger charge is 2.31. The molecule has 0 atom stereocenters. The zero-order valence-corrected chi connectivity index (χ0v) is 43.8. The van der Waals surface area contributed by atoms with Crippen LogP contribution < -0.4 is 5.32 Å². The number of hydrogen-bond acceptors (Lipinski definition) is 12. The average molecular weight is 1090 g/mol. The molecule has 1 amide bonds. The minimum absolute atomic E-state index is 0.0557. The molecule has 0 saturated carbocycles. The molecule has 5 N–H and O–H groups in total. The lowest BCUT2D eigenvalue weighted by atomic mass is 9.76. The standard InChI is InChI=1S/C59H49NO16S2/c1-5-51(61)46-30-47(50(58(71)72)31-49(46)57(69)70)53(63)27-35-12-8-16-41(24-35)78(75,76)42-17-9-13-36(25-42)32-60-54(64)48-29-38(19-21-44(48)56(67)68)59(3,4)37-18-20-43(55(65)66)45(28-37)52(62)26-34-11-7-15-40(23-34)77(73,74)39-14-6-10-33(2)22-39/h6-25,28-31H,5,26-27,32H2,1-4H3,(H,60,64)(H,65,66)(H,67,68)(H,69,70)(H,71,72). The molecule has 0 aliphatic heterocycles. The second-order valence-corrected chi connectivity index (χ2v) is 22.6. The molecule has 78 heavy (non-hydrogen) atoms. The summed E-state index contributed by atoms with van der Waals surface area (Å²) in [6, 6.07) is 32.8. The van der Waals surface area contributed by atoms with Crippen molar-refractivity contribution in [3.05, 3.63) is 223 Å². The van der Waals surface area contributed by atoms with Crippen LogP contribution in [0.15, 0.2) is 165 Å². The molecular formula is C59H49NO16S2. The Hall–Kier alpha value is -9.20. The predicted octanol–water partition coefficient (Wildman–Crippen LogP) is 9.15. The summed E-state index contributed by atoms with van der Waals surface area (Å²) >= 11 is 0. The maximum atomic E-state index is 14.0. The number of benzene rings is 7. The second-order valence-electron chi connectivity index (χ2n) is 18.7. The lowest BCUT2D eigenvalue weighted by Gasteiger charge is -2.28. The number of carboxylic acids is 4. The van der Waals surface area contributed by atoms with Gasteiger partial charge < -0.3 is 25.7 Å². The van der Waals surface area contributed by atoms with Gasteiger partial charge in [-0.15, -0.1) is 0 Å². The topological polar surface area (TPSA) is 298 Å². The van der Waals surface area contributed by atoms with Crippen molar-refractivity contribution in [2.24, 2.45) is 0 Å². The number of nitrogens with one attached hydrogen (secondary N) is 1. The van der Waals surface area contributed by atoms with E-state index in [2.05, 4.69) is 5.32 Å². The van der Waals surface area contributed by atoms with Gasteiger partial charge in [-0.1, -0.05) is 81.4 Å². The number of carbonyl (C=O) groups is 8. The molecule has 19 heteroatoms. The fourth-order valence-corrected chi connectivity index (χ4v) is 11.6. The summed E-state index contributed by atoms with van der Waals surface area (Å²) in [6.07, 6.45) is -1.02. The number of carbonyl (C=O) groups excluding carboxylic acids is 4. The molecule has 0 aliphatic rings. The Bertz CT molecular complexity index is 3910. The summed E-state index contributed by atoms with van der Waals surface area (Å²) in [5, 5.41) is 42.4. The van der Waals surface area contributed by atoms with Crippen molar-refractivity contribution in [1.82, 2.24) is 5.32 Å². The quantitative estimate of drug-likeness (QED) is 0.0419. The van der Waals surface area contributed by atoms with Crippen LogP contribution in [0.3, 0.4) is 0 Å². The summed E-state index contributed by atoms with van der Waals surface area (Å²) in [5.74, 6) is -8.97. The van der Waals surface area contributed by atoms with Crippen LogP contribution in [0.2, 0.25) is 0 Å². The van der Waals surface area contributed by atoms with Gasteiger partial charge in [0, 0.05) is 47.9 Å². The Kier molecular flexibility index (Phi) is 16.3. The smallest absolute Gasteiger partial charge is 0.336 e. The van der Waals surface area contributed by atoms with Gasteiger partial charge in [0.2, 0.25) is 19.7 Å². The molecule has 0 heterocycles. The molecule has 0 aliphatic carbocycles. The van der Waals surface area contributed by atoms with E-state index in [-0.39, 0.29) is 77.9 Å². The van der Waals surface area contributed by atoms with Crippen molar-refractivity contribution in [2.45, 2.75) is 78.5 Å². The Morgan fingerprint density at radius 2 is 0.795 bits per heavy atom. The van der Waals surface area contributed by atoms with E-state index in [4.69, 9.17) is 0 Å². The maximum absolute atomic E-state index is 14.0. The SMILES string of the molecule is CCC(=O)c1cc(C(=O)Cc2cccc(S(=O)(=O)c3cccc(CNC(=O)c4cc(C(C)(C)c5ccc(C(=O)O)c(C(=O)Cc6cccc(S(=O)(=O)c7cccc(C)c7)c6)c5)ccc4C(=O)O)c3)c2)c(C(=O)O)cc1C(=O)O. The number of carboxylic acid groups (broad SMARTS) is 4. The molecule has 0 spiro atoms. The molecule has 7 rings (SSSR count). The van der Waals surface area contributed by atoms with E-state index in [9.17, 15) is 75.6 Å². The Morgan fingerprint density at radius 3 is 1.24 bits per heavy atom. The number of rotatable bonds is 21. The Balaban J connectivity index is 1.10. The van der Waals surface area contributed by atoms with Crippen molar-refractivity contribution in [3.8, 4) is 0 Å². The highest BCUT2D eigenvalue weighted by Crippen LogP contribution is 2.35. The number of aryl methyl sites for hydroxylation is 1. The van der Waals surface area contributed by atoms with Gasteiger partial charge in [-0.25, -0.2) is 36.0 Å². The van der Waals surface area contributed by atoms with Crippen LogP contribution in [0.5, 0.6) is 0 Å². The van der Waals surface area contributed by atoms with Gasteiger partial charge in [-0.2, -0.15) is 0 Å². The summed E-state index contributed by atoms with van der Waals surface area (Å²) in [5.41, 5.74) is -2.03. The third kappa shape index (κ3) is 11.9. The zero-order valence-electron chi connectivity index (χ0n) is 42.2. The minimum Gasteiger partial charge on any atom is -0.478 e.